The highest BCUT2D eigenvalue weighted by Crippen LogP contribution is 2.39. The third-order valence-electron chi connectivity index (χ3n) is 3.47. The number of nitrogens with zero attached hydrogens (tertiary/aromatic N) is 1. The van der Waals surface area contributed by atoms with Gasteiger partial charge in [0.05, 0.1) is 17.7 Å². The van der Waals surface area contributed by atoms with E-state index in [9.17, 15) is 5.11 Å². The van der Waals surface area contributed by atoms with Gasteiger partial charge in [0.15, 0.2) is 0 Å². The molecule has 2 N–H and O–H groups in total. The summed E-state index contributed by atoms with van der Waals surface area (Å²) in [6, 6.07) is 1.94. The van der Waals surface area contributed by atoms with Crippen LogP contribution in [0.4, 0.5) is 0 Å². The molecule has 0 heterocycles. The molecule has 0 aromatic rings. The highest BCUT2D eigenvalue weighted by molar-refractivity contribution is 4.93. The minimum atomic E-state index is -0.597. The molecule has 1 rings (SSSR count). The van der Waals surface area contributed by atoms with Crippen molar-refractivity contribution < 1.29 is 5.11 Å². The lowest BCUT2D eigenvalue weighted by Gasteiger charge is -2.40. The largest absolute Gasteiger partial charge is 0.389 e. The van der Waals surface area contributed by atoms with Crippen molar-refractivity contribution in [1.82, 2.24) is 5.32 Å². The van der Waals surface area contributed by atoms with Gasteiger partial charge in [0, 0.05) is 6.54 Å². The van der Waals surface area contributed by atoms with Gasteiger partial charge in [-0.3, -0.25) is 5.32 Å². The average molecular weight is 210 g/mol. The van der Waals surface area contributed by atoms with Gasteiger partial charge < -0.3 is 5.11 Å². The number of aliphatic hydroxyl groups is 1. The molecule has 0 radical (unpaired) electrons. The number of hydrogen-bond donors (Lipinski definition) is 2. The maximum Gasteiger partial charge on any atom is 0.0925 e. The lowest BCUT2D eigenvalue weighted by molar-refractivity contribution is -0.0249. The second-order valence-corrected chi connectivity index (χ2v) is 5.62. The van der Waals surface area contributed by atoms with Crippen LogP contribution in [-0.2, 0) is 0 Å². The molecule has 1 atom stereocenters. The zero-order chi connectivity index (χ0) is 11.5. The van der Waals surface area contributed by atoms with Gasteiger partial charge in [0.2, 0.25) is 0 Å². The van der Waals surface area contributed by atoms with E-state index in [1.54, 1.807) is 0 Å². The third kappa shape index (κ3) is 3.81. The molecule has 0 bridgehead atoms. The molecule has 0 saturated heterocycles. The van der Waals surface area contributed by atoms with Gasteiger partial charge in [-0.1, -0.05) is 13.8 Å². The SMILES string of the molecule is CC(C#N)NCC1(O)CCC(C)(C)CC1. The molecule has 0 aromatic heterocycles. The molecule has 0 spiro atoms. The fourth-order valence-corrected chi connectivity index (χ4v) is 1.96. The van der Waals surface area contributed by atoms with E-state index in [0.29, 0.717) is 12.0 Å². The van der Waals surface area contributed by atoms with Crippen molar-refractivity contribution in [3.8, 4) is 6.07 Å². The summed E-state index contributed by atoms with van der Waals surface area (Å²) in [5.74, 6) is 0. The highest BCUT2D eigenvalue weighted by atomic mass is 16.3. The summed E-state index contributed by atoms with van der Waals surface area (Å²) in [5.41, 5.74) is -0.228. The molecule has 1 saturated carbocycles. The van der Waals surface area contributed by atoms with E-state index in [4.69, 9.17) is 5.26 Å². The first-order valence-electron chi connectivity index (χ1n) is 5.72. The quantitative estimate of drug-likeness (QED) is 0.747. The van der Waals surface area contributed by atoms with Crippen molar-refractivity contribution >= 4 is 0 Å². The summed E-state index contributed by atoms with van der Waals surface area (Å²) in [4.78, 5) is 0. The molecule has 1 aliphatic rings. The minimum Gasteiger partial charge on any atom is -0.389 e. The van der Waals surface area contributed by atoms with Crippen molar-refractivity contribution in [2.75, 3.05) is 6.54 Å². The molecule has 0 aliphatic heterocycles. The van der Waals surface area contributed by atoms with E-state index in [2.05, 4.69) is 25.2 Å². The zero-order valence-corrected chi connectivity index (χ0v) is 10.0. The second-order valence-electron chi connectivity index (χ2n) is 5.62. The average Bonchev–Trinajstić information content (AvgIpc) is 2.20. The van der Waals surface area contributed by atoms with Gasteiger partial charge in [0.25, 0.3) is 0 Å². The number of rotatable bonds is 3. The van der Waals surface area contributed by atoms with Gasteiger partial charge in [0.1, 0.15) is 0 Å². The second kappa shape index (κ2) is 4.51. The molecular weight excluding hydrogens is 188 g/mol. The van der Waals surface area contributed by atoms with Gasteiger partial charge in [-0.05, 0) is 38.0 Å². The van der Waals surface area contributed by atoms with Crippen LogP contribution < -0.4 is 5.32 Å². The van der Waals surface area contributed by atoms with Crippen molar-refractivity contribution in [2.24, 2.45) is 5.41 Å². The Morgan fingerprint density at radius 1 is 1.33 bits per heavy atom. The van der Waals surface area contributed by atoms with Crippen LogP contribution in [-0.4, -0.2) is 23.3 Å². The van der Waals surface area contributed by atoms with E-state index < -0.39 is 5.60 Å². The maximum absolute atomic E-state index is 10.3. The summed E-state index contributed by atoms with van der Waals surface area (Å²) < 4.78 is 0. The van der Waals surface area contributed by atoms with Crippen LogP contribution in [0.2, 0.25) is 0 Å². The van der Waals surface area contributed by atoms with Gasteiger partial charge >= 0.3 is 0 Å². The summed E-state index contributed by atoms with van der Waals surface area (Å²) in [6.07, 6.45) is 3.80. The van der Waals surface area contributed by atoms with Gasteiger partial charge in [-0.15, -0.1) is 0 Å². The molecule has 15 heavy (non-hydrogen) atoms. The molecule has 86 valence electrons. The first kappa shape index (κ1) is 12.5. The van der Waals surface area contributed by atoms with Gasteiger partial charge in [-0.2, -0.15) is 5.26 Å². The van der Waals surface area contributed by atoms with Crippen molar-refractivity contribution in [2.45, 2.75) is 58.1 Å². The molecule has 1 fully saturated rings. The Hall–Kier alpha value is -0.590. The molecular formula is C12H22N2O. The highest BCUT2D eigenvalue weighted by Gasteiger charge is 2.36. The van der Waals surface area contributed by atoms with E-state index in [1.807, 2.05) is 6.92 Å². The van der Waals surface area contributed by atoms with Crippen LogP contribution in [0, 0.1) is 16.7 Å². The zero-order valence-electron chi connectivity index (χ0n) is 10.0. The molecule has 0 aromatic carbocycles. The Bertz CT molecular complexity index is 245. The smallest absolute Gasteiger partial charge is 0.0925 e. The topological polar surface area (TPSA) is 56.0 Å². The van der Waals surface area contributed by atoms with E-state index in [-0.39, 0.29) is 6.04 Å². The van der Waals surface area contributed by atoms with E-state index in [0.717, 1.165) is 25.7 Å². The fourth-order valence-electron chi connectivity index (χ4n) is 1.96. The number of hydrogen-bond acceptors (Lipinski definition) is 3. The Morgan fingerprint density at radius 3 is 2.33 bits per heavy atom. The number of nitrogens with one attached hydrogen (secondary N) is 1. The fraction of sp³-hybridized carbons (Fsp3) is 0.917. The van der Waals surface area contributed by atoms with E-state index in [1.165, 1.54) is 0 Å². The molecule has 3 heteroatoms. The van der Waals surface area contributed by atoms with Crippen LogP contribution in [0.25, 0.3) is 0 Å². The van der Waals surface area contributed by atoms with E-state index >= 15 is 0 Å². The Balaban J connectivity index is 2.39. The van der Waals surface area contributed by atoms with Crippen LogP contribution in [0.1, 0.15) is 46.5 Å². The Labute approximate surface area is 92.5 Å². The molecule has 1 unspecified atom stereocenters. The monoisotopic (exact) mass is 210 g/mol. The van der Waals surface area contributed by atoms with Crippen molar-refractivity contribution in [1.29, 1.82) is 5.26 Å². The third-order valence-corrected chi connectivity index (χ3v) is 3.47. The summed E-state index contributed by atoms with van der Waals surface area (Å²) in [7, 11) is 0. The number of nitriles is 1. The minimum absolute atomic E-state index is 0.177. The predicted octanol–water partition coefficient (Wildman–Crippen LogP) is 1.82. The van der Waals surface area contributed by atoms with Crippen molar-refractivity contribution in [3.05, 3.63) is 0 Å². The van der Waals surface area contributed by atoms with Crippen LogP contribution in [0.5, 0.6) is 0 Å². The molecule has 3 nitrogen and oxygen atoms in total. The maximum atomic E-state index is 10.3. The lowest BCUT2D eigenvalue weighted by atomic mass is 9.71. The first-order chi connectivity index (χ1) is 6.87. The summed E-state index contributed by atoms with van der Waals surface area (Å²) in [5, 5.41) is 22.0. The Kier molecular flexibility index (Phi) is 3.75. The van der Waals surface area contributed by atoms with Crippen LogP contribution in [0.3, 0.4) is 0 Å². The summed E-state index contributed by atoms with van der Waals surface area (Å²) >= 11 is 0. The Morgan fingerprint density at radius 2 is 1.87 bits per heavy atom. The van der Waals surface area contributed by atoms with Gasteiger partial charge in [-0.25, -0.2) is 0 Å². The van der Waals surface area contributed by atoms with Crippen molar-refractivity contribution in [3.63, 3.8) is 0 Å². The predicted molar refractivity (Wildman–Crippen MR) is 60.3 cm³/mol. The normalized spacial score (nSPS) is 25.5. The molecule has 1 aliphatic carbocycles. The lowest BCUT2D eigenvalue weighted by Crippen LogP contribution is -2.46. The van der Waals surface area contributed by atoms with Crippen LogP contribution in [0.15, 0.2) is 0 Å². The summed E-state index contributed by atoms with van der Waals surface area (Å²) in [6.45, 7) is 6.85. The van der Waals surface area contributed by atoms with Crippen LogP contribution >= 0.6 is 0 Å². The molecule has 0 amide bonds. The first-order valence-corrected chi connectivity index (χ1v) is 5.72. The standard InChI is InChI=1S/C12H22N2O/c1-10(8-13)14-9-12(15)6-4-11(2,3)5-7-12/h10,14-15H,4-7,9H2,1-3H3.